The zero-order chi connectivity index (χ0) is 13.3. The Labute approximate surface area is 131 Å². The molecular formula is C13H11Br3N2. The van der Waals surface area contributed by atoms with Crippen LogP contribution in [-0.4, -0.2) is 0 Å². The molecule has 18 heavy (non-hydrogen) atoms. The van der Waals surface area contributed by atoms with Crippen LogP contribution in [0.3, 0.4) is 0 Å². The van der Waals surface area contributed by atoms with Crippen molar-refractivity contribution in [2.45, 2.75) is 6.42 Å². The van der Waals surface area contributed by atoms with E-state index in [0.717, 1.165) is 36.8 Å². The summed E-state index contributed by atoms with van der Waals surface area (Å²) < 4.78 is 3.01. The van der Waals surface area contributed by atoms with Gasteiger partial charge in [-0.15, -0.1) is 0 Å². The summed E-state index contributed by atoms with van der Waals surface area (Å²) in [4.78, 5) is 0. The Morgan fingerprint density at radius 1 is 0.778 bits per heavy atom. The summed E-state index contributed by atoms with van der Waals surface area (Å²) in [7, 11) is 0. The molecule has 0 atom stereocenters. The first-order valence-corrected chi connectivity index (χ1v) is 7.62. The minimum absolute atomic E-state index is 0.730. The fraction of sp³-hybridized carbons (Fsp3) is 0.0769. The van der Waals surface area contributed by atoms with Gasteiger partial charge in [0.25, 0.3) is 0 Å². The van der Waals surface area contributed by atoms with Crippen molar-refractivity contribution in [3.63, 3.8) is 0 Å². The predicted molar refractivity (Wildman–Crippen MR) is 87.6 cm³/mol. The van der Waals surface area contributed by atoms with Gasteiger partial charge in [0, 0.05) is 31.2 Å². The minimum Gasteiger partial charge on any atom is -0.399 e. The van der Waals surface area contributed by atoms with Gasteiger partial charge >= 0.3 is 0 Å². The van der Waals surface area contributed by atoms with Crippen molar-refractivity contribution in [2.24, 2.45) is 0 Å². The van der Waals surface area contributed by atoms with E-state index in [4.69, 9.17) is 11.5 Å². The van der Waals surface area contributed by atoms with Gasteiger partial charge in [-0.3, -0.25) is 0 Å². The van der Waals surface area contributed by atoms with Crippen LogP contribution in [0.5, 0.6) is 0 Å². The summed E-state index contributed by atoms with van der Waals surface area (Å²) in [5.41, 5.74) is 15.3. The molecule has 0 heterocycles. The first kappa shape index (κ1) is 13.9. The number of benzene rings is 2. The molecule has 0 aliphatic rings. The summed E-state index contributed by atoms with van der Waals surface area (Å²) >= 11 is 10.6. The van der Waals surface area contributed by atoms with Crippen LogP contribution in [0.4, 0.5) is 11.4 Å². The lowest BCUT2D eigenvalue weighted by molar-refractivity contribution is 1.15. The number of rotatable bonds is 2. The molecule has 0 bridgehead atoms. The topological polar surface area (TPSA) is 52.0 Å². The fourth-order valence-corrected chi connectivity index (χ4v) is 3.73. The van der Waals surface area contributed by atoms with Crippen LogP contribution < -0.4 is 11.5 Å². The third-order valence-electron chi connectivity index (χ3n) is 2.61. The fourth-order valence-electron chi connectivity index (χ4n) is 1.69. The maximum absolute atomic E-state index is 5.79. The van der Waals surface area contributed by atoms with E-state index in [1.54, 1.807) is 0 Å². The van der Waals surface area contributed by atoms with Gasteiger partial charge in [0.05, 0.1) is 0 Å². The third kappa shape index (κ3) is 3.08. The largest absolute Gasteiger partial charge is 0.399 e. The van der Waals surface area contributed by atoms with E-state index in [0.29, 0.717) is 0 Å². The van der Waals surface area contributed by atoms with Gasteiger partial charge in [0.2, 0.25) is 0 Å². The SMILES string of the molecule is Nc1ccc(Cc2c(Br)cc(N)cc2Br)c(Br)c1. The van der Waals surface area contributed by atoms with Crippen LogP contribution in [0, 0.1) is 0 Å². The quantitative estimate of drug-likeness (QED) is 0.671. The average Bonchev–Trinajstić information content (AvgIpc) is 2.25. The molecule has 2 aromatic carbocycles. The van der Waals surface area contributed by atoms with Crippen molar-refractivity contribution in [2.75, 3.05) is 11.5 Å². The molecule has 2 nitrogen and oxygen atoms in total. The molecule has 0 radical (unpaired) electrons. The molecule has 0 spiro atoms. The molecule has 0 saturated heterocycles. The van der Waals surface area contributed by atoms with Crippen LogP contribution in [0.15, 0.2) is 43.7 Å². The van der Waals surface area contributed by atoms with Crippen molar-refractivity contribution in [1.29, 1.82) is 0 Å². The van der Waals surface area contributed by atoms with Gasteiger partial charge < -0.3 is 11.5 Å². The van der Waals surface area contributed by atoms with Crippen molar-refractivity contribution in [3.05, 3.63) is 54.9 Å². The molecule has 0 unspecified atom stereocenters. The Morgan fingerprint density at radius 2 is 1.33 bits per heavy atom. The molecule has 5 heteroatoms. The number of anilines is 2. The van der Waals surface area contributed by atoms with Crippen molar-refractivity contribution >= 4 is 59.2 Å². The summed E-state index contributed by atoms with van der Waals surface area (Å²) in [5.74, 6) is 0. The molecule has 0 aliphatic heterocycles. The second kappa shape index (κ2) is 5.63. The number of hydrogen-bond acceptors (Lipinski definition) is 2. The average molecular weight is 435 g/mol. The molecule has 0 saturated carbocycles. The zero-order valence-electron chi connectivity index (χ0n) is 9.38. The van der Waals surface area contributed by atoms with Crippen LogP contribution >= 0.6 is 47.8 Å². The highest BCUT2D eigenvalue weighted by Gasteiger charge is 2.09. The highest BCUT2D eigenvalue weighted by Crippen LogP contribution is 2.32. The lowest BCUT2D eigenvalue weighted by atomic mass is 10.0. The first-order valence-electron chi connectivity index (χ1n) is 5.24. The van der Waals surface area contributed by atoms with E-state index < -0.39 is 0 Å². The molecule has 0 fully saturated rings. The maximum Gasteiger partial charge on any atom is 0.0336 e. The van der Waals surface area contributed by atoms with Crippen LogP contribution in [0.2, 0.25) is 0 Å². The highest BCUT2D eigenvalue weighted by atomic mass is 79.9. The lowest BCUT2D eigenvalue weighted by Crippen LogP contribution is -1.96. The van der Waals surface area contributed by atoms with Crippen LogP contribution in [0.25, 0.3) is 0 Å². The van der Waals surface area contributed by atoms with Gasteiger partial charge in [-0.05, 0) is 35.4 Å². The number of hydrogen-bond donors (Lipinski definition) is 2. The zero-order valence-corrected chi connectivity index (χ0v) is 14.1. The lowest BCUT2D eigenvalue weighted by Gasteiger charge is -2.11. The van der Waals surface area contributed by atoms with Gasteiger partial charge in [-0.25, -0.2) is 0 Å². The Morgan fingerprint density at radius 3 is 1.89 bits per heavy atom. The maximum atomic E-state index is 5.79. The Bertz CT molecular complexity index is 574. The molecular weight excluding hydrogens is 424 g/mol. The predicted octanol–water partition coefficient (Wildman–Crippen LogP) is 4.73. The Kier molecular flexibility index (Phi) is 4.35. The molecule has 2 rings (SSSR count). The molecule has 0 amide bonds. The molecule has 0 aromatic heterocycles. The van der Waals surface area contributed by atoms with Gasteiger partial charge in [-0.2, -0.15) is 0 Å². The second-order valence-electron chi connectivity index (χ2n) is 3.99. The van der Waals surface area contributed by atoms with Crippen LogP contribution in [-0.2, 0) is 6.42 Å². The second-order valence-corrected chi connectivity index (χ2v) is 6.55. The summed E-state index contributed by atoms with van der Waals surface area (Å²) in [6.07, 6.45) is 0.794. The Balaban J connectivity index is 2.40. The van der Waals surface area contributed by atoms with E-state index in [1.165, 1.54) is 5.56 Å². The van der Waals surface area contributed by atoms with E-state index in [-0.39, 0.29) is 0 Å². The minimum atomic E-state index is 0.730. The summed E-state index contributed by atoms with van der Waals surface area (Å²) in [6, 6.07) is 9.65. The standard InChI is InChI=1S/C13H11Br3N2/c14-11-4-8(17)2-1-7(11)3-10-12(15)5-9(18)6-13(10)16/h1-2,4-6H,3,17-18H2. The van der Waals surface area contributed by atoms with Gasteiger partial charge in [0.1, 0.15) is 0 Å². The monoisotopic (exact) mass is 432 g/mol. The third-order valence-corrected chi connectivity index (χ3v) is 4.76. The molecule has 4 N–H and O–H groups in total. The summed E-state index contributed by atoms with van der Waals surface area (Å²) in [6.45, 7) is 0. The normalized spacial score (nSPS) is 10.6. The number of halogens is 3. The first-order chi connectivity index (χ1) is 8.47. The van der Waals surface area contributed by atoms with Gasteiger partial charge in [0.15, 0.2) is 0 Å². The summed E-state index contributed by atoms with van der Waals surface area (Å²) in [5, 5.41) is 0. The highest BCUT2D eigenvalue weighted by molar-refractivity contribution is 9.11. The van der Waals surface area contributed by atoms with Crippen molar-refractivity contribution in [1.82, 2.24) is 0 Å². The van der Waals surface area contributed by atoms with E-state index >= 15 is 0 Å². The number of nitrogen functional groups attached to an aromatic ring is 2. The van der Waals surface area contributed by atoms with E-state index in [9.17, 15) is 0 Å². The molecule has 0 aliphatic carbocycles. The van der Waals surface area contributed by atoms with E-state index in [1.807, 2.05) is 30.3 Å². The molecule has 94 valence electrons. The van der Waals surface area contributed by atoms with Crippen LogP contribution in [0.1, 0.15) is 11.1 Å². The smallest absolute Gasteiger partial charge is 0.0336 e. The van der Waals surface area contributed by atoms with Crippen molar-refractivity contribution < 1.29 is 0 Å². The Hall–Kier alpha value is -0.520. The van der Waals surface area contributed by atoms with Gasteiger partial charge in [-0.1, -0.05) is 53.9 Å². The van der Waals surface area contributed by atoms with E-state index in [2.05, 4.69) is 47.8 Å². The molecule has 2 aromatic rings. The van der Waals surface area contributed by atoms with Crippen molar-refractivity contribution in [3.8, 4) is 0 Å². The number of nitrogens with two attached hydrogens (primary N) is 2.